The number of nitrogens with one attached hydrogen (secondary N) is 1. The number of pyridine rings is 1. The highest BCUT2D eigenvalue weighted by atomic mass is 16.3. The van der Waals surface area contributed by atoms with Crippen molar-refractivity contribution in [2.45, 2.75) is 18.6 Å². The van der Waals surface area contributed by atoms with E-state index in [1.165, 1.54) is 0 Å². The van der Waals surface area contributed by atoms with Gasteiger partial charge < -0.3 is 15.3 Å². The first-order chi connectivity index (χ1) is 12.2. The molecule has 7 heteroatoms. The highest BCUT2D eigenvalue weighted by Gasteiger charge is 2.42. The largest absolute Gasteiger partial charge is 0.394 e. The van der Waals surface area contributed by atoms with Crippen molar-refractivity contribution in [1.82, 2.24) is 20.1 Å². The van der Waals surface area contributed by atoms with Crippen molar-refractivity contribution >= 4 is 22.7 Å². The fourth-order valence-corrected chi connectivity index (χ4v) is 3.61. The number of rotatable bonds is 3. The van der Waals surface area contributed by atoms with E-state index in [2.05, 4.69) is 27.3 Å². The number of fused-ring (bicyclic) bond motifs is 2. The van der Waals surface area contributed by atoms with Crippen molar-refractivity contribution in [2.24, 2.45) is 0 Å². The van der Waals surface area contributed by atoms with Crippen molar-refractivity contribution in [3.63, 3.8) is 0 Å². The summed E-state index contributed by atoms with van der Waals surface area (Å²) in [5, 5.41) is 12.9. The van der Waals surface area contributed by atoms with E-state index in [9.17, 15) is 14.7 Å². The SMILES string of the molecule is O=C1N[C@H](CO)C(=O)N2CCN(Cc3ccc4ncccc4c3)C[C@H]12. The number of aliphatic hydroxyl groups is 1. The molecule has 0 radical (unpaired) electrons. The van der Waals surface area contributed by atoms with Gasteiger partial charge in [-0.1, -0.05) is 12.1 Å². The van der Waals surface area contributed by atoms with Crippen molar-refractivity contribution in [3.05, 3.63) is 42.1 Å². The summed E-state index contributed by atoms with van der Waals surface area (Å²) in [6.45, 7) is 2.07. The summed E-state index contributed by atoms with van der Waals surface area (Å²) in [7, 11) is 0. The van der Waals surface area contributed by atoms with Crippen LogP contribution in [0.3, 0.4) is 0 Å². The van der Waals surface area contributed by atoms with Crippen molar-refractivity contribution in [1.29, 1.82) is 0 Å². The van der Waals surface area contributed by atoms with E-state index in [-0.39, 0.29) is 18.4 Å². The zero-order valence-corrected chi connectivity index (χ0v) is 13.8. The molecule has 2 atom stereocenters. The summed E-state index contributed by atoms with van der Waals surface area (Å²) in [5.41, 5.74) is 2.12. The first kappa shape index (κ1) is 16.0. The fourth-order valence-electron chi connectivity index (χ4n) is 3.61. The van der Waals surface area contributed by atoms with Gasteiger partial charge in [-0.15, -0.1) is 0 Å². The van der Waals surface area contributed by atoms with Crippen LogP contribution in [0.25, 0.3) is 10.9 Å². The van der Waals surface area contributed by atoms with Crippen LogP contribution in [0.4, 0.5) is 0 Å². The normalized spacial score (nSPS) is 24.3. The molecule has 0 unspecified atom stereocenters. The second-order valence-corrected chi connectivity index (χ2v) is 6.56. The second-order valence-electron chi connectivity index (χ2n) is 6.56. The smallest absolute Gasteiger partial charge is 0.248 e. The molecule has 1 aromatic carbocycles. The van der Waals surface area contributed by atoms with Crippen molar-refractivity contribution in [3.8, 4) is 0 Å². The summed E-state index contributed by atoms with van der Waals surface area (Å²) in [6, 6.07) is 8.84. The molecule has 25 heavy (non-hydrogen) atoms. The molecule has 4 rings (SSSR count). The van der Waals surface area contributed by atoms with Gasteiger partial charge in [0.1, 0.15) is 12.1 Å². The monoisotopic (exact) mass is 340 g/mol. The molecule has 130 valence electrons. The van der Waals surface area contributed by atoms with E-state index < -0.39 is 12.1 Å². The van der Waals surface area contributed by atoms with Crippen LogP contribution in [0, 0.1) is 0 Å². The molecule has 0 spiro atoms. The van der Waals surface area contributed by atoms with Gasteiger partial charge in [-0.05, 0) is 23.8 Å². The Kier molecular flexibility index (Phi) is 4.10. The first-order valence-electron chi connectivity index (χ1n) is 8.43. The average molecular weight is 340 g/mol. The maximum atomic E-state index is 12.3. The number of piperazine rings is 2. The van der Waals surface area contributed by atoms with Crippen LogP contribution in [-0.2, 0) is 16.1 Å². The van der Waals surface area contributed by atoms with Gasteiger partial charge in [0.05, 0.1) is 12.1 Å². The molecule has 0 saturated carbocycles. The Morgan fingerprint density at radius 1 is 1.24 bits per heavy atom. The summed E-state index contributed by atoms with van der Waals surface area (Å²) in [5.74, 6) is -0.380. The number of hydrogen-bond donors (Lipinski definition) is 2. The maximum absolute atomic E-state index is 12.3. The third-order valence-electron chi connectivity index (χ3n) is 4.92. The summed E-state index contributed by atoms with van der Waals surface area (Å²) in [6.07, 6.45) is 1.78. The Morgan fingerprint density at radius 3 is 2.96 bits per heavy atom. The predicted molar refractivity (Wildman–Crippen MR) is 91.5 cm³/mol. The van der Waals surface area contributed by atoms with Gasteiger partial charge in [0.15, 0.2) is 0 Å². The Bertz CT molecular complexity index is 825. The van der Waals surface area contributed by atoms with Crippen molar-refractivity contribution < 1.29 is 14.7 Å². The molecular formula is C18H20N4O3. The standard InChI is InChI=1S/C18H20N4O3/c23-11-15-18(25)22-7-6-21(10-16(22)17(24)20-15)9-12-3-4-14-13(8-12)2-1-5-19-14/h1-5,8,15-16,23H,6-7,9-11H2,(H,20,24)/t15-,16-/m1/s1. The number of aromatic nitrogens is 1. The molecule has 1 aromatic heterocycles. The third kappa shape index (κ3) is 2.96. The molecule has 2 fully saturated rings. The van der Waals surface area contributed by atoms with Crippen LogP contribution in [0.1, 0.15) is 5.56 Å². The highest BCUT2D eigenvalue weighted by molar-refractivity contribution is 5.97. The van der Waals surface area contributed by atoms with Gasteiger partial charge in [-0.3, -0.25) is 19.5 Å². The lowest BCUT2D eigenvalue weighted by molar-refractivity contribution is -0.154. The van der Waals surface area contributed by atoms with E-state index in [4.69, 9.17) is 0 Å². The summed E-state index contributed by atoms with van der Waals surface area (Å²) < 4.78 is 0. The van der Waals surface area contributed by atoms with E-state index in [1.807, 2.05) is 18.2 Å². The molecule has 2 aliphatic rings. The Balaban J connectivity index is 1.48. The number of nitrogens with zero attached hydrogens (tertiary/aromatic N) is 3. The topological polar surface area (TPSA) is 85.8 Å². The van der Waals surface area contributed by atoms with E-state index in [1.54, 1.807) is 11.1 Å². The minimum atomic E-state index is -0.803. The number of amides is 2. The van der Waals surface area contributed by atoms with Gasteiger partial charge >= 0.3 is 0 Å². The van der Waals surface area contributed by atoms with Crippen LogP contribution in [0.2, 0.25) is 0 Å². The van der Waals surface area contributed by atoms with Crippen LogP contribution in [-0.4, -0.2) is 70.0 Å². The third-order valence-corrected chi connectivity index (χ3v) is 4.92. The van der Waals surface area contributed by atoms with E-state index >= 15 is 0 Å². The minimum absolute atomic E-state index is 0.189. The molecule has 2 N–H and O–H groups in total. The zero-order valence-electron chi connectivity index (χ0n) is 13.8. The Morgan fingerprint density at radius 2 is 2.12 bits per heavy atom. The number of carbonyl (C=O) groups excluding carboxylic acids is 2. The van der Waals surface area contributed by atoms with Gasteiger partial charge in [0, 0.05) is 37.8 Å². The van der Waals surface area contributed by atoms with Crippen LogP contribution >= 0.6 is 0 Å². The van der Waals surface area contributed by atoms with Gasteiger partial charge in [-0.25, -0.2) is 0 Å². The van der Waals surface area contributed by atoms with Gasteiger partial charge in [0.2, 0.25) is 11.8 Å². The molecule has 0 aliphatic carbocycles. The Hall–Kier alpha value is -2.51. The molecule has 2 aromatic rings. The number of carbonyl (C=O) groups is 2. The van der Waals surface area contributed by atoms with Crippen molar-refractivity contribution in [2.75, 3.05) is 26.2 Å². The lowest BCUT2D eigenvalue weighted by atomic mass is 10.0. The zero-order chi connectivity index (χ0) is 17.4. The average Bonchev–Trinajstić information content (AvgIpc) is 2.64. The fraction of sp³-hybridized carbons (Fsp3) is 0.389. The number of benzene rings is 1. The summed E-state index contributed by atoms with van der Waals surface area (Å²) in [4.78, 5) is 32.6. The van der Waals surface area contributed by atoms with E-state index in [0.29, 0.717) is 19.6 Å². The minimum Gasteiger partial charge on any atom is -0.394 e. The quantitative estimate of drug-likeness (QED) is 0.804. The van der Waals surface area contributed by atoms with Crippen LogP contribution in [0.15, 0.2) is 36.5 Å². The molecule has 2 saturated heterocycles. The lowest BCUT2D eigenvalue weighted by Gasteiger charge is -2.45. The molecule has 2 aliphatic heterocycles. The van der Waals surface area contributed by atoms with Gasteiger partial charge in [-0.2, -0.15) is 0 Å². The van der Waals surface area contributed by atoms with Crippen LogP contribution in [0.5, 0.6) is 0 Å². The number of aliphatic hydroxyl groups excluding tert-OH is 1. The molecule has 7 nitrogen and oxygen atoms in total. The maximum Gasteiger partial charge on any atom is 0.248 e. The summed E-state index contributed by atoms with van der Waals surface area (Å²) >= 11 is 0. The predicted octanol–water partition coefficient (Wildman–Crippen LogP) is -0.262. The Labute approximate surface area is 145 Å². The lowest BCUT2D eigenvalue weighted by Crippen LogP contribution is -2.69. The first-order valence-corrected chi connectivity index (χ1v) is 8.43. The van der Waals surface area contributed by atoms with E-state index in [0.717, 1.165) is 23.0 Å². The van der Waals surface area contributed by atoms with Crippen LogP contribution < -0.4 is 5.32 Å². The molecule has 3 heterocycles. The molecule has 2 amide bonds. The molecule has 0 bridgehead atoms. The second kappa shape index (κ2) is 6.42. The highest BCUT2D eigenvalue weighted by Crippen LogP contribution is 2.20. The molecular weight excluding hydrogens is 320 g/mol. The van der Waals surface area contributed by atoms with Gasteiger partial charge in [0.25, 0.3) is 0 Å². The number of hydrogen-bond acceptors (Lipinski definition) is 5.